The standard InChI is InChI=1S/C12H10BrN3O4/c1-2-19-11-6-12(15-7-14-11)20-10-4-3-8(13)5-9(10)16(17)18/h3-7H,2H2,1H3. The van der Waals surface area contributed by atoms with Crippen molar-refractivity contribution in [1.82, 2.24) is 9.97 Å². The molecular formula is C12H10BrN3O4. The molecule has 0 bridgehead atoms. The van der Waals surface area contributed by atoms with E-state index in [0.29, 0.717) is 17.0 Å². The van der Waals surface area contributed by atoms with Gasteiger partial charge < -0.3 is 9.47 Å². The fraction of sp³-hybridized carbons (Fsp3) is 0.167. The molecular weight excluding hydrogens is 330 g/mol. The van der Waals surface area contributed by atoms with Crippen LogP contribution in [0.4, 0.5) is 5.69 Å². The smallest absolute Gasteiger partial charge is 0.312 e. The van der Waals surface area contributed by atoms with Gasteiger partial charge in [0.1, 0.15) is 6.33 Å². The molecule has 0 aliphatic carbocycles. The van der Waals surface area contributed by atoms with Crippen LogP contribution < -0.4 is 9.47 Å². The Bertz CT molecular complexity index is 636. The number of nitrogens with zero attached hydrogens (tertiary/aromatic N) is 3. The number of halogens is 1. The van der Waals surface area contributed by atoms with E-state index in [1.807, 2.05) is 6.92 Å². The SMILES string of the molecule is CCOc1cc(Oc2ccc(Br)cc2[N+](=O)[O-])ncn1. The summed E-state index contributed by atoms with van der Waals surface area (Å²) in [5, 5.41) is 11.0. The molecule has 0 spiro atoms. The number of hydrogen-bond donors (Lipinski definition) is 0. The van der Waals surface area contributed by atoms with E-state index in [0.717, 1.165) is 0 Å². The third kappa shape index (κ3) is 3.41. The van der Waals surface area contributed by atoms with Gasteiger partial charge in [-0.1, -0.05) is 15.9 Å². The van der Waals surface area contributed by atoms with Gasteiger partial charge >= 0.3 is 5.69 Å². The van der Waals surface area contributed by atoms with Crippen molar-refractivity contribution in [3.8, 4) is 17.5 Å². The van der Waals surface area contributed by atoms with E-state index < -0.39 is 4.92 Å². The zero-order chi connectivity index (χ0) is 14.5. The first-order chi connectivity index (χ1) is 9.60. The Morgan fingerprint density at radius 3 is 2.75 bits per heavy atom. The van der Waals surface area contributed by atoms with E-state index in [1.165, 1.54) is 24.5 Å². The average molecular weight is 340 g/mol. The highest BCUT2D eigenvalue weighted by atomic mass is 79.9. The van der Waals surface area contributed by atoms with Crippen molar-refractivity contribution in [2.24, 2.45) is 0 Å². The minimum atomic E-state index is -0.523. The second-order valence-corrected chi connectivity index (χ2v) is 4.51. The van der Waals surface area contributed by atoms with Crippen molar-refractivity contribution >= 4 is 21.6 Å². The van der Waals surface area contributed by atoms with Crippen LogP contribution in [0.25, 0.3) is 0 Å². The van der Waals surface area contributed by atoms with Gasteiger partial charge in [0.15, 0.2) is 0 Å². The van der Waals surface area contributed by atoms with Crippen LogP contribution in [0.15, 0.2) is 35.1 Å². The third-order valence-electron chi connectivity index (χ3n) is 2.24. The van der Waals surface area contributed by atoms with Crippen LogP contribution in [-0.4, -0.2) is 21.5 Å². The van der Waals surface area contributed by atoms with Crippen LogP contribution in [0.3, 0.4) is 0 Å². The molecule has 1 heterocycles. The maximum absolute atomic E-state index is 11.0. The lowest BCUT2D eigenvalue weighted by Gasteiger charge is -2.07. The Labute approximate surface area is 122 Å². The largest absolute Gasteiger partial charge is 0.478 e. The summed E-state index contributed by atoms with van der Waals surface area (Å²) < 4.78 is 11.2. The molecule has 0 saturated carbocycles. The second kappa shape index (κ2) is 6.29. The zero-order valence-electron chi connectivity index (χ0n) is 10.4. The van der Waals surface area contributed by atoms with Crippen molar-refractivity contribution in [3.63, 3.8) is 0 Å². The highest BCUT2D eigenvalue weighted by molar-refractivity contribution is 9.10. The molecule has 0 atom stereocenters. The van der Waals surface area contributed by atoms with Crippen LogP contribution in [0.2, 0.25) is 0 Å². The summed E-state index contributed by atoms with van der Waals surface area (Å²) in [4.78, 5) is 18.2. The summed E-state index contributed by atoms with van der Waals surface area (Å²) in [5.41, 5.74) is -0.157. The van der Waals surface area contributed by atoms with Crippen molar-refractivity contribution in [2.45, 2.75) is 6.92 Å². The molecule has 0 N–H and O–H groups in total. The summed E-state index contributed by atoms with van der Waals surface area (Å²) in [5.74, 6) is 0.616. The monoisotopic (exact) mass is 339 g/mol. The fourth-order valence-electron chi connectivity index (χ4n) is 1.44. The summed E-state index contributed by atoms with van der Waals surface area (Å²) in [6, 6.07) is 5.97. The Hall–Kier alpha value is -2.22. The van der Waals surface area contributed by atoms with Crippen LogP contribution >= 0.6 is 15.9 Å². The van der Waals surface area contributed by atoms with Crippen molar-refractivity contribution in [2.75, 3.05) is 6.61 Å². The predicted molar refractivity (Wildman–Crippen MR) is 74.1 cm³/mol. The van der Waals surface area contributed by atoms with Crippen molar-refractivity contribution in [3.05, 3.63) is 45.2 Å². The lowest BCUT2D eigenvalue weighted by atomic mass is 10.3. The van der Waals surface area contributed by atoms with Crippen LogP contribution in [0.5, 0.6) is 17.5 Å². The molecule has 0 aliphatic heterocycles. The fourth-order valence-corrected chi connectivity index (χ4v) is 1.79. The highest BCUT2D eigenvalue weighted by Crippen LogP contribution is 2.33. The summed E-state index contributed by atoms with van der Waals surface area (Å²) in [6.07, 6.45) is 1.27. The first-order valence-corrected chi connectivity index (χ1v) is 6.46. The number of ether oxygens (including phenoxy) is 2. The van der Waals surface area contributed by atoms with Gasteiger partial charge in [0.2, 0.25) is 17.5 Å². The molecule has 0 aliphatic rings. The Balaban J connectivity index is 2.30. The Morgan fingerprint density at radius 2 is 2.05 bits per heavy atom. The number of nitro groups is 1. The molecule has 2 rings (SSSR count). The lowest BCUT2D eigenvalue weighted by Crippen LogP contribution is -1.98. The minimum Gasteiger partial charge on any atom is -0.478 e. The van der Waals surface area contributed by atoms with Gasteiger partial charge in [0.05, 0.1) is 17.6 Å². The van der Waals surface area contributed by atoms with E-state index in [4.69, 9.17) is 9.47 Å². The Morgan fingerprint density at radius 1 is 1.30 bits per heavy atom. The number of hydrogen-bond acceptors (Lipinski definition) is 6. The maximum atomic E-state index is 11.0. The minimum absolute atomic E-state index is 0.0966. The molecule has 0 radical (unpaired) electrons. The van der Waals surface area contributed by atoms with Crippen molar-refractivity contribution < 1.29 is 14.4 Å². The molecule has 104 valence electrons. The molecule has 1 aromatic carbocycles. The van der Waals surface area contributed by atoms with Gasteiger partial charge in [0.25, 0.3) is 0 Å². The van der Waals surface area contributed by atoms with Gasteiger partial charge in [-0.05, 0) is 19.1 Å². The predicted octanol–water partition coefficient (Wildman–Crippen LogP) is 3.34. The molecule has 8 heteroatoms. The molecule has 20 heavy (non-hydrogen) atoms. The van der Waals surface area contributed by atoms with Crippen LogP contribution in [0, 0.1) is 10.1 Å². The van der Waals surface area contributed by atoms with E-state index in [9.17, 15) is 10.1 Å². The molecule has 1 aromatic heterocycles. The number of benzene rings is 1. The highest BCUT2D eigenvalue weighted by Gasteiger charge is 2.17. The molecule has 0 fully saturated rings. The lowest BCUT2D eigenvalue weighted by molar-refractivity contribution is -0.385. The third-order valence-corrected chi connectivity index (χ3v) is 2.73. The molecule has 2 aromatic rings. The van der Waals surface area contributed by atoms with E-state index in [1.54, 1.807) is 6.07 Å². The van der Waals surface area contributed by atoms with Gasteiger partial charge in [-0.3, -0.25) is 10.1 Å². The average Bonchev–Trinajstić information content (AvgIpc) is 2.41. The summed E-state index contributed by atoms with van der Waals surface area (Å²) in [6.45, 7) is 2.27. The topological polar surface area (TPSA) is 87.4 Å². The van der Waals surface area contributed by atoms with E-state index in [2.05, 4.69) is 25.9 Å². The zero-order valence-corrected chi connectivity index (χ0v) is 12.0. The van der Waals surface area contributed by atoms with Crippen LogP contribution in [-0.2, 0) is 0 Å². The summed E-state index contributed by atoms with van der Waals surface area (Å²) >= 11 is 3.18. The van der Waals surface area contributed by atoms with Gasteiger partial charge in [-0.15, -0.1) is 0 Å². The van der Waals surface area contributed by atoms with E-state index >= 15 is 0 Å². The number of aromatic nitrogens is 2. The first-order valence-electron chi connectivity index (χ1n) is 5.66. The van der Waals surface area contributed by atoms with Gasteiger partial charge in [-0.25, -0.2) is 9.97 Å². The Kier molecular flexibility index (Phi) is 4.46. The maximum Gasteiger partial charge on any atom is 0.312 e. The van der Waals surface area contributed by atoms with E-state index in [-0.39, 0.29) is 17.3 Å². The van der Waals surface area contributed by atoms with Gasteiger partial charge in [-0.2, -0.15) is 0 Å². The first kappa shape index (κ1) is 14.2. The second-order valence-electron chi connectivity index (χ2n) is 3.60. The van der Waals surface area contributed by atoms with Crippen molar-refractivity contribution in [1.29, 1.82) is 0 Å². The number of rotatable bonds is 5. The molecule has 7 nitrogen and oxygen atoms in total. The summed E-state index contributed by atoms with van der Waals surface area (Å²) in [7, 11) is 0. The van der Waals surface area contributed by atoms with Crippen LogP contribution in [0.1, 0.15) is 6.92 Å². The molecule has 0 saturated heterocycles. The number of nitro benzene ring substituents is 1. The normalized spacial score (nSPS) is 10.1. The quantitative estimate of drug-likeness (QED) is 0.613. The van der Waals surface area contributed by atoms with Gasteiger partial charge in [0, 0.05) is 10.5 Å². The molecule has 0 amide bonds. The molecule has 0 unspecified atom stereocenters.